The predicted molar refractivity (Wildman–Crippen MR) is 163 cm³/mol. The van der Waals surface area contributed by atoms with Crippen LogP contribution < -0.4 is 26.3 Å². The number of rotatable bonds is 0. The molecule has 0 amide bonds. The molecule has 41 heavy (non-hydrogen) atoms. The molecule has 3 aromatic heterocycles. The fraction of sp³-hybridized carbons (Fsp3) is 0. The molecule has 2 aliphatic heterocycles. The summed E-state index contributed by atoms with van der Waals surface area (Å²) in [6.45, 7) is 0. The van der Waals surface area contributed by atoms with Crippen molar-refractivity contribution in [3.05, 3.63) is 119 Å². The largest absolute Gasteiger partial charge is 2.00 e. The van der Waals surface area contributed by atoms with Crippen molar-refractivity contribution in [2.24, 2.45) is 20.0 Å². The maximum Gasteiger partial charge on any atom is 2.00 e. The Morgan fingerprint density at radius 3 is 1.78 bits per heavy atom. The molecule has 9 rings (SSSR count). The summed E-state index contributed by atoms with van der Waals surface area (Å²) in [4.78, 5) is 33.2. The van der Waals surface area contributed by atoms with Crippen LogP contribution in [0.25, 0.3) is 32.3 Å². The van der Waals surface area contributed by atoms with Gasteiger partial charge in [0.05, 0.1) is 11.7 Å². The number of aromatic nitrogens is 3. The fourth-order valence-corrected chi connectivity index (χ4v) is 5.59. The Hall–Kier alpha value is -4.84. The third-order valence-corrected chi connectivity index (χ3v) is 7.46. The minimum atomic E-state index is 0. The zero-order valence-corrected chi connectivity index (χ0v) is 25.3. The molecule has 8 nitrogen and oxygen atoms in total. The minimum Gasteiger partial charge on any atom is -0.398 e. The molecule has 2 N–H and O–H groups in total. The van der Waals surface area contributed by atoms with Crippen molar-refractivity contribution in [3.63, 3.8) is 0 Å². The average molecular weight is 722 g/mol. The summed E-state index contributed by atoms with van der Waals surface area (Å²) in [5, 5.41) is 9.14. The van der Waals surface area contributed by atoms with E-state index in [0.717, 1.165) is 43.4 Å². The molecule has 0 aliphatic carbocycles. The van der Waals surface area contributed by atoms with Crippen LogP contribution in [0.3, 0.4) is 0 Å². The minimum absolute atomic E-state index is 0. The zero-order valence-electron chi connectivity index (χ0n) is 21.4. The van der Waals surface area contributed by atoms with E-state index in [1.807, 2.05) is 97.1 Å². The molecule has 0 saturated carbocycles. The maximum absolute atomic E-state index is 5.02. The molecule has 2 aliphatic rings. The van der Waals surface area contributed by atoms with Gasteiger partial charge in [0.15, 0.2) is 5.84 Å². The van der Waals surface area contributed by atoms with Gasteiger partial charge in [0, 0.05) is 44.5 Å². The van der Waals surface area contributed by atoms with Crippen LogP contribution >= 0.6 is 0 Å². The van der Waals surface area contributed by atoms with E-state index in [0.29, 0.717) is 45.9 Å². The monoisotopic (exact) mass is 722 g/mol. The Morgan fingerprint density at radius 2 is 1.05 bits per heavy atom. The third-order valence-electron chi connectivity index (χ3n) is 7.46. The molecule has 9 heteroatoms. The van der Waals surface area contributed by atoms with Crippen molar-refractivity contribution in [3.8, 4) is 0 Å². The number of hydrogen-bond donors (Lipinski definition) is 2. The molecule has 0 unspecified atom stereocenters. The van der Waals surface area contributed by atoms with Gasteiger partial charge in [-0.3, -0.25) is 0 Å². The Labute approximate surface area is 252 Å². The summed E-state index contributed by atoms with van der Waals surface area (Å²) in [5.41, 5.74) is 3.08. The first-order valence-corrected chi connectivity index (χ1v) is 13.0. The van der Waals surface area contributed by atoms with Crippen LogP contribution in [0.1, 0.15) is 11.1 Å². The van der Waals surface area contributed by atoms with Crippen LogP contribution in [0, 0.1) is 0 Å². The van der Waals surface area contributed by atoms with Crippen LogP contribution in [-0.4, -0.2) is 44.0 Å². The standard InChI is InChI=1S/C32H18N8.Pb/c1-2-10-18-17(9-1)25-33-26(18)38-28-21-13-5-6-14-22(21)30(35-28)40-32-24-16-8-7-15-23(24)31(36-32)39-29-20-12-4-3-11-19(20)27(34-29)37-25;/h1-16H,(H2-2,33,34,35,36,37,38,39,40);/q-2;+2. The molecule has 4 aromatic carbocycles. The normalized spacial score (nSPS) is 16.5. The smallest absolute Gasteiger partial charge is 0.398 e. The van der Waals surface area contributed by atoms with Gasteiger partial charge in [0.1, 0.15) is 5.82 Å². The van der Waals surface area contributed by atoms with E-state index in [4.69, 9.17) is 29.9 Å². The number of H-pyrrole nitrogens is 1. The number of aliphatic imine (C=N–C) groups is 2. The topological polar surface area (TPSA) is 105 Å². The molecule has 0 fully saturated rings. The second kappa shape index (κ2) is 9.10. The second-order valence-corrected chi connectivity index (χ2v) is 9.79. The van der Waals surface area contributed by atoms with E-state index in [-0.39, 0.29) is 27.3 Å². The number of benzene rings is 4. The van der Waals surface area contributed by atoms with Gasteiger partial charge in [-0.15, -0.1) is 0 Å². The van der Waals surface area contributed by atoms with Crippen LogP contribution in [0.5, 0.6) is 0 Å². The molecular weight excluding hydrogens is 704 g/mol. The molecule has 0 atom stereocenters. The van der Waals surface area contributed by atoms with E-state index in [2.05, 4.69) is 10.3 Å². The molecule has 5 heterocycles. The first kappa shape index (κ1) is 24.0. The summed E-state index contributed by atoms with van der Waals surface area (Å²) in [6.07, 6.45) is 0. The van der Waals surface area contributed by atoms with E-state index in [1.54, 1.807) is 0 Å². The maximum atomic E-state index is 5.02. The first-order chi connectivity index (χ1) is 19.8. The number of nitrogens with zero attached hydrogens (tertiary/aromatic N) is 6. The molecule has 0 saturated heterocycles. The van der Waals surface area contributed by atoms with Crippen LogP contribution in [0.4, 0.5) is 23.3 Å². The van der Waals surface area contributed by atoms with Crippen molar-refractivity contribution in [2.45, 2.75) is 0 Å². The van der Waals surface area contributed by atoms with Gasteiger partial charge < -0.3 is 30.3 Å². The van der Waals surface area contributed by atoms with Gasteiger partial charge in [-0.1, -0.05) is 97.1 Å². The SMILES string of the molecule is [Pb+2].c1ccc2c(c1)C1=N/C2=N\c2[nH]c(c3ccccc23)/N=c2\[n-]/c(c3ccccc23)=N\c2[n-]c(c3ccccc23)N1. The summed E-state index contributed by atoms with van der Waals surface area (Å²) in [5.74, 6) is 3.96. The quantitative estimate of drug-likeness (QED) is 0.211. The number of hydrogen-bond acceptors (Lipinski definition) is 5. The summed E-state index contributed by atoms with van der Waals surface area (Å²) < 4.78 is 0. The Kier molecular flexibility index (Phi) is 5.33. The first-order valence-electron chi connectivity index (χ1n) is 13.0. The third kappa shape index (κ3) is 3.63. The van der Waals surface area contributed by atoms with E-state index in [1.165, 1.54) is 0 Å². The Morgan fingerprint density at radius 1 is 0.488 bits per heavy atom. The second-order valence-electron chi connectivity index (χ2n) is 9.79. The summed E-state index contributed by atoms with van der Waals surface area (Å²) in [7, 11) is 0. The van der Waals surface area contributed by atoms with Gasteiger partial charge in [-0.25, -0.2) is 9.98 Å². The number of aromatic amines is 1. The number of amidine groups is 2. The van der Waals surface area contributed by atoms with E-state index in [9.17, 15) is 0 Å². The summed E-state index contributed by atoms with van der Waals surface area (Å²) >= 11 is 0. The van der Waals surface area contributed by atoms with Crippen LogP contribution in [0.15, 0.2) is 117 Å². The predicted octanol–water partition coefficient (Wildman–Crippen LogP) is 5.17. The van der Waals surface area contributed by atoms with Crippen LogP contribution in [0.2, 0.25) is 0 Å². The van der Waals surface area contributed by atoms with Gasteiger partial charge in [0.2, 0.25) is 0 Å². The number of fused-ring (bicyclic) bond motifs is 19. The van der Waals surface area contributed by atoms with E-state index >= 15 is 0 Å². The fourth-order valence-electron chi connectivity index (χ4n) is 5.59. The van der Waals surface area contributed by atoms with Gasteiger partial charge in [-0.05, 0) is 21.5 Å². The molecular formula is C32H18N8Pb. The van der Waals surface area contributed by atoms with Crippen molar-refractivity contribution in [1.29, 1.82) is 0 Å². The van der Waals surface area contributed by atoms with Gasteiger partial charge >= 0.3 is 27.3 Å². The zero-order chi connectivity index (χ0) is 26.2. The van der Waals surface area contributed by atoms with Gasteiger partial charge in [-0.2, -0.15) is 0 Å². The van der Waals surface area contributed by atoms with E-state index < -0.39 is 0 Å². The van der Waals surface area contributed by atoms with Crippen molar-refractivity contribution < 1.29 is 0 Å². The molecule has 0 spiro atoms. The molecule has 7 aromatic rings. The van der Waals surface area contributed by atoms with Crippen LogP contribution in [-0.2, 0) is 0 Å². The number of nitrogens with one attached hydrogen (secondary N) is 2. The summed E-state index contributed by atoms with van der Waals surface area (Å²) in [6, 6.07) is 32.3. The Bertz CT molecular complexity index is 2370. The van der Waals surface area contributed by atoms with Crippen molar-refractivity contribution in [1.82, 2.24) is 15.0 Å². The average Bonchev–Trinajstić information content (AvgIpc) is 3.73. The number of anilines is 1. The molecule has 8 bridgehead atoms. The molecule has 190 valence electrons. The van der Waals surface area contributed by atoms with Gasteiger partial charge in [0.25, 0.3) is 0 Å². The van der Waals surface area contributed by atoms with Crippen molar-refractivity contribution >= 4 is 94.6 Å². The van der Waals surface area contributed by atoms with Crippen molar-refractivity contribution in [2.75, 3.05) is 5.32 Å². The Balaban J connectivity index is 0.00000256. The molecule has 2 radical (unpaired) electrons.